The predicted octanol–water partition coefficient (Wildman–Crippen LogP) is 3.59. The SMILES string of the molecule is CNC(Cc1ccc(Cl)s1)C1C(C)OC(C)C1C. The molecule has 1 aliphatic rings. The molecule has 0 saturated carbocycles. The van der Waals surface area contributed by atoms with Gasteiger partial charge in [-0.05, 0) is 45.4 Å². The summed E-state index contributed by atoms with van der Waals surface area (Å²) in [5.41, 5.74) is 0. The highest BCUT2D eigenvalue weighted by molar-refractivity contribution is 7.16. The smallest absolute Gasteiger partial charge is 0.0931 e. The van der Waals surface area contributed by atoms with Gasteiger partial charge in [0, 0.05) is 16.8 Å². The van der Waals surface area contributed by atoms with E-state index in [0.29, 0.717) is 30.1 Å². The number of nitrogens with one attached hydrogen (secondary N) is 1. The largest absolute Gasteiger partial charge is 0.375 e. The Bertz CT molecular complexity index is 395. The van der Waals surface area contributed by atoms with Gasteiger partial charge < -0.3 is 10.1 Å². The first-order valence-corrected chi connectivity index (χ1v) is 7.79. The van der Waals surface area contributed by atoms with E-state index in [0.717, 1.165) is 10.8 Å². The summed E-state index contributed by atoms with van der Waals surface area (Å²) in [5, 5.41) is 3.47. The number of thiophene rings is 1. The highest BCUT2D eigenvalue weighted by Crippen LogP contribution is 2.36. The van der Waals surface area contributed by atoms with E-state index < -0.39 is 0 Å². The molecule has 0 amide bonds. The zero-order chi connectivity index (χ0) is 13.3. The lowest BCUT2D eigenvalue weighted by Crippen LogP contribution is -2.41. The Morgan fingerprint density at radius 3 is 2.50 bits per heavy atom. The summed E-state index contributed by atoms with van der Waals surface area (Å²) < 4.78 is 6.82. The van der Waals surface area contributed by atoms with Gasteiger partial charge in [-0.2, -0.15) is 0 Å². The quantitative estimate of drug-likeness (QED) is 0.914. The van der Waals surface area contributed by atoms with Crippen LogP contribution in [0.3, 0.4) is 0 Å². The number of hydrogen-bond acceptors (Lipinski definition) is 3. The molecule has 5 atom stereocenters. The lowest BCUT2D eigenvalue weighted by Gasteiger charge is -2.28. The minimum Gasteiger partial charge on any atom is -0.375 e. The van der Waals surface area contributed by atoms with Gasteiger partial charge in [0.25, 0.3) is 0 Å². The zero-order valence-corrected chi connectivity index (χ0v) is 13.0. The second-order valence-corrected chi connectivity index (χ2v) is 7.09. The van der Waals surface area contributed by atoms with E-state index in [1.165, 1.54) is 4.88 Å². The molecule has 2 nitrogen and oxygen atoms in total. The molecule has 18 heavy (non-hydrogen) atoms. The molecule has 1 aliphatic heterocycles. The summed E-state index contributed by atoms with van der Waals surface area (Å²) in [6.45, 7) is 6.66. The Morgan fingerprint density at radius 1 is 1.33 bits per heavy atom. The molecule has 4 heteroatoms. The van der Waals surface area contributed by atoms with Crippen LogP contribution in [0.1, 0.15) is 25.6 Å². The van der Waals surface area contributed by atoms with Crippen molar-refractivity contribution in [1.82, 2.24) is 5.32 Å². The second kappa shape index (κ2) is 5.91. The molecule has 0 radical (unpaired) electrons. The van der Waals surface area contributed by atoms with Crippen molar-refractivity contribution in [1.29, 1.82) is 0 Å². The number of rotatable bonds is 4. The molecular weight excluding hydrogens is 266 g/mol. The van der Waals surface area contributed by atoms with Gasteiger partial charge in [0.1, 0.15) is 0 Å². The van der Waals surface area contributed by atoms with E-state index in [4.69, 9.17) is 16.3 Å². The molecule has 0 aromatic carbocycles. The molecule has 2 heterocycles. The van der Waals surface area contributed by atoms with Crippen molar-refractivity contribution in [3.8, 4) is 0 Å². The van der Waals surface area contributed by atoms with Gasteiger partial charge in [-0.25, -0.2) is 0 Å². The fourth-order valence-electron chi connectivity index (χ4n) is 3.10. The molecule has 0 bridgehead atoms. The van der Waals surface area contributed by atoms with Crippen LogP contribution >= 0.6 is 22.9 Å². The normalized spacial score (nSPS) is 33.8. The molecule has 0 aliphatic carbocycles. The third kappa shape index (κ3) is 2.90. The Kier molecular flexibility index (Phi) is 4.70. The maximum absolute atomic E-state index is 6.00. The van der Waals surface area contributed by atoms with Gasteiger partial charge in [0.15, 0.2) is 0 Å². The van der Waals surface area contributed by atoms with Crippen LogP contribution < -0.4 is 5.32 Å². The summed E-state index contributed by atoms with van der Waals surface area (Å²) >= 11 is 7.68. The molecule has 1 N–H and O–H groups in total. The summed E-state index contributed by atoms with van der Waals surface area (Å²) in [6, 6.07) is 4.57. The maximum atomic E-state index is 6.00. The first-order chi connectivity index (χ1) is 8.52. The van der Waals surface area contributed by atoms with Gasteiger partial charge in [-0.15, -0.1) is 11.3 Å². The van der Waals surface area contributed by atoms with Crippen LogP contribution in [-0.4, -0.2) is 25.3 Å². The minimum absolute atomic E-state index is 0.322. The summed E-state index contributed by atoms with van der Waals surface area (Å²) in [6.07, 6.45) is 1.71. The summed E-state index contributed by atoms with van der Waals surface area (Å²) in [5.74, 6) is 1.15. The zero-order valence-electron chi connectivity index (χ0n) is 11.4. The lowest BCUT2D eigenvalue weighted by molar-refractivity contribution is 0.0479. The van der Waals surface area contributed by atoms with Crippen molar-refractivity contribution in [2.24, 2.45) is 11.8 Å². The minimum atomic E-state index is 0.322. The van der Waals surface area contributed by atoms with Crippen LogP contribution in [0.2, 0.25) is 4.34 Å². The average Bonchev–Trinajstić information content (AvgIpc) is 2.82. The standard InChI is InChI=1S/C14H22ClNOS/c1-8-9(2)17-10(3)14(8)12(16-4)7-11-5-6-13(15)18-11/h5-6,8-10,12,14,16H,7H2,1-4H3. The molecule has 1 fully saturated rings. The Hall–Kier alpha value is -0.0900. The number of halogens is 1. The maximum Gasteiger partial charge on any atom is 0.0931 e. The highest BCUT2D eigenvalue weighted by Gasteiger charge is 2.41. The van der Waals surface area contributed by atoms with Gasteiger partial charge in [-0.1, -0.05) is 18.5 Å². The lowest BCUT2D eigenvalue weighted by atomic mass is 9.82. The fourth-order valence-corrected chi connectivity index (χ4v) is 4.24. The summed E-state index contributed by atoms with van der Waals surface area (Å²) in [7, 11) is 2.04. The van der Waals surface area contributed by atoms with Crippen LogP contribution in [0.25, 0.3) is 0 Å². The average molecular weight is 288 g/mol. The third-order valence-corrected chi connectivity index (χ3v) is 5.46. The van der Waals surface area contributed by atoms with Crippen molar-refractivity contribution in [2.75, 3.05) is 7.05 Å². The Balaban J connectivity index is 2.08. The van der Waals surface area contributed by atoms with Gasteiger partial charge >= 0.3 is 0 Å². The molecule has 1 aromatic heterocycles. The first kappa shape index (κ1) is 14.3. The van der Waals surface area contributed by atoms with Crippen molar-refractivity contribution in [2.45, 2.75) is 45.4 Å². The van der Waals surface area contributed by atoms with Crippen LogP contribution in [0.5, 0.6) is 0 Å². The topological polar surface area (TPSA) is 21.3 Å². The van der Waals surface area contributed by atoms with Crippen LogP contribution in [-0.2, 0) is 11.2 Å². The van der Waals surface area contributed by atoms with E-state index in [9.17, 15) is 0 Å². The molecule has 2 rings (SSSR count). The number of hydrogen-bond donors (Lipinski definition) is 1. The summed E-state index contributed by atoms with van der Waals surface area (Å²) in [4.78, 5) is 1.35. The van der Waals surface area contributed by atoms with Crippen LogP contribution in [0.4, 0.5) is 0 Å². The molecule has 0 spiro atoms. The van der Waals surface area contributed by atoms with Crippen molar-refractivity contribution < 1.29 is 4.74 Å². The van der Waals surface area contributed by atoms with E-state index >= 15 is 0 Å². The Labute approximate surface area is 119 Å². The monoisotopic (exact) mass is 287 g/mol. The molecule has 5 unspecified atom stereocenters. The van der Waals surface area contributed by atoms with E-state index in [1.54, 1.807) is 11.3 Å². The molecular formula is C14H22ClNOS. The number of likely N-dealkylation sites (N-methyl/N-ethyl adjacent to an activating group) is 1. The fraction of sp³-hybridized carbons (Fsp3) is 0.714. The molecule has 1 aromatic rings. The van der Waals surface area contributed by atoms with Crippen molar-refractivity contribution in [3.05, 3.63) is 21.3 Å². The number of ether oxygens (including phenoxy) is 1. The van der Waals surface area contributed by atoms with Crippen LogP contribution in [0, 0.1) is 11.8 Å². The second-order valence-electron chi connectivity index (χ2n) is 5.29. The van der Waals surface area contributed by atoms with E-state index in [1.807, 2.05) is 13.1 Å². The molecule has 1 saturated heterocycles. The first-order valence-electron chi connectivity index (χ1n) is 6.60. The third-order valence-electron chi connectivity index (χ3n) is 4.20. The van der Waals surface area contributed by atoms with Gasteiger partial charge in [-0.3, -0.25) is 0 Å². The van der Waals surface area contributed by atoms with Crippen LogP contribution in [0.15, 0.2) is 12.1 Å². The van der Waals surface area contributed by atoms with Crippen molar-refractivity contribution >= 4 is 22.9 Å². The predicted molar refractivity (Wildman–Crippen MR) is 78.5 cm³/mol. The van der Waals surface area contributed by atoms with Gasteiger partial charge in [0.2, 0.25) is 0 Å². The van der Waals surface area contributed by atoms with Crippen molar-refractivity contribution in [3.63, 3.8) is 0 Å². The van der Waals surface area contributed by atoms with E-state index in [2.05, 4.69) is 32.2 Å². The molecule has 102 valence electrons. The van der Waals surface area contributed by atoms with E-state index in [-0.39, 0.29) is 0 Å². The Morgan fingerprint density at radius 2 is 2.06 bits per heavy atom. The van der Waals surface area contributed by atoms with Gasteiger partial charge in [0.05, 0.1) is 16.5 Å². The highest BCUT2D eigenvalue weighted by atomic mass is 35.5.